The Morgan fingerprint density at radius 3 is 2.34 bits per heavy atom. The predicted molar refractivity (Wildman–Crippen MR) is 105 cm³/mol. The molecule has 1 saturated carbocycles. The molecule has 2 aromatic rings. The third-order valence-electron chi connectivity index (χ3n) is 6.16. The van der Waals surface area contributed by atoms with E-state index in [9.17, 15) is 18.4 Å². The van der Waals surface area contributed by atoms with Crippen molar-refractivity contribution in [2.75, 3.05) is 23.8 Å². The van der Waals surface area contributed by atoms with Crippen molar-refractivity contribution in [2.24, 2.45) is 11.7 Å². The van der Waals surface area contributed by atoms with Gasteiger partial charge in [-0.3, -0.25) is 9.36 Å². The Kier molecular flexibility index (Phi) is 4.64. The van der Waals surface area contributed by atoms with Gasteiger partial charge in [0.2, 0.25) is 0 Å². The van der Waals surface area contributed by atoms with Gasteiger partial charge < -0.3 is 16.5 Å². The molecule has 0 amide bonds. The van der Waals surface area contributed by atoms with Gasteiger partial charge in [-0.2, -0.15) is 4.68 Å². The summed E-state index contributed by atoms with van der Waals surface area (Å²) in [5.41, 5.74) is 3.45. The molecule has 0 radical (unpaired) electrons. The van der Waals surface area contributed by atoms with Gasteiger partial charge in [-0.1, -0.05) is 0 Å². The molecule has 10 heteroatoms. The van der Waals surface area contributed by atoms with Crippen LogP contribution in [0.25, 0.3) is 10.9 Å². The second-order valence-corrected chi connectivity index (χ2v) is 8.14. The fraction of sp³-hybridized carbons (Fsp3) is 0.579. The Morgan fingerprint density at radius 1 is 1.17 bits per heavy atom. The first-order valence-corrected chi connectivity index (χ1v) is 9.72. The van der Waals surface area contributed by atoms with Gasteiger partial charge in [0.1, 0.15) is 0 Å². The van der Waals surface area contributed by atoms with E-state index in [0.29, 0.717) is 42.6 Å². The summed E-state index contributed by atoms with van der Waals surface area (Å²) in [4.78, 5) is 27.0. The Morgan fingerprint density at radius 2 is 1.83 bits per heavy atom. The maximum atomic E-state index is 15.4. The maximum absolute atomic E-state index is 15.4. The highest BCUT2D eigenvalue weighted by Crippen LogP contribution is 2.43. The number of benzene rings is 1. The molecule has 1 aliphatic carbocycles. The van der Waals surface area contributed by atoms with E-state index in [1.807, 2.05) is 6.92 Å². The first-order chi connectivity index (χ1) is 13.6. The average molecular weight is 411 g/mol. The van der Waals surface area contributed by atoms with Gasteiger partial charge in [-0.25, -0.2) is 18.0 Å². The van der Waals surface area contributed by atoms with Crippen molar-refractivity contribution in [1.29, 1.82) is 0 Å². The first kappa shape index (κ1) is 19.8. The quantitative estimate of drug-likeness (QED) is 0.747. The third-order valence-corrected chi connectivity index (χ3v) is 6.16. The number of hydrogen-bond acceptors (Lipinski definition) is 5. The Bertz CT molecular complexity index is 1100. The highest BCUT2D eigenvalue weighted by molar-refractivity contribution is 5.91. The van der Waals surface area contributed by atoms with E-state index in [1.54, 1.807) is 11.8 Å². The lowest BCUT2D eigenvalue weighted by Crippen LogP contribution is -2.45. The lowest BCUT2D eigenvalue weighted by molar-refractivity contribution is 0.148. The molecule has 4 N–H and O–H groups in total. The number of halogens is 3. The molecule has 4 rings (SSSR count). The second kappa shape index (κ2) is 6.79. The lowest BCUT2D eigenvalue weighted by Gasteiger charge is -2.26. The van der Waals surface area contributed by atoms with Crippen LogP contribution in [-0.2, 0) is 0 Å². The van der Waals surface area contributed by atoms with Crippen molar-refractivity contribution in [1.82, 2.24) is 9.24 Å². The van der Waals surface area contributed by atoms with E-state index in [2.05, 4.69) is 0 Å². The average Bonchev–Trinajstić information content (AvgIpc) is 3.36. The van der Waals surface area contributed by atoms with Crippen LogP contribution in [0.2, 0.25) is 0 Å². The van der Waals surface area contributed by atoms with Crippen molar-refractivity contribution in [3.8, 4) is 0 Å². The van der Waals surface area contributed by atoms with E-state index < -0.39 is 34.4 Å². The monoisotopic (exact) mass is 411 g/mol. The van der Waals surface area contributed by atoms with Gasteiger partial charge in [0, 0.05) is 30.7 Å². The Balaban J connectivity index is 2.09. The summed E-state index contributed by atoms with van der Waals surface area (Å²) < 4.78 is 44.9. The summed E-state index contributed by atoms with van der Waals surface area (Å²) in [5.74, 6) is 4.54. The molecule has 2 heterocycles. The number of aryl methyl sites for hydroxylation is 1. The minimum absolute atomic E-state index is 0.0129. The van der Waals surface area contributed by atoms with Crippen LogP contribution in [0.1, 0.15) is 49.8 Å². The number of hydrogen-bond donors (Lipinski definition) is 2. The van der Waals surface area contributed by atoms with Gasteiger partial charge in [-0.15, -0.1) is 0 Å². The van der Waals surface area contributed by atoms with Gasteiger partial charge in [0.25, 0.3) is 12.0 Å². The van der Waals surface area contributed by atoms with Gasteiger partial charge in [-0.05, 0) is 39.0 Å². The van der Waals surface area contributed by atoms with Crippen LogP contribution in [0.4, 0.5) is 18.9 Å². The molecule has 1 aromatic carbocycles. The molecule has 2 atom stereocenters. The molecule has 1 aromatic heterocycles. The standard InChI is InChI=1S/C19H24F3N5O2/c1-8-15-13(18(28)27(24)19(29)26(15)11-3-4-11)12(17(21)22)14(20)16(8)25-6-5-10(7-25)9(2)23/h9-11,17H,3-7,23-24H2,1-2H3/t9-,10+/m0/s1. The van der Waals surface area contributed by atoms with E-state index in [-0.39, 0.29) is 29.2 Å². The normalized spacial score (nSPS) is 20.8. The summed E-state index contributed by atoms with van der Waals surface area (Å²) >= 11 is 0. The lowest BCUT2D eigenvalue weighted by atomic mass is 10.0. The van der Waals surface area contributed by atoms with Crippen LogP contribution >= 0.6 is 0 Å². The molecular formula is C19H24F3N5O2. The van der Waals surface area contributed by atoms with Crippen LogP contribution in [0.15, 0.2) is 9.59 Å². The summed E-state index contributed by atoms with van der Waals surface area (Å²) in [6, 6.07) is -0.356. The van der Waals surface area contributed by atoms with Crippen LogP contribution in [0.3, 0.4) is 0 Å². The minimum Gasteiger partial charge on any atom is -0.369 e. The van der Waals surface area contributed by atoms with Gasteiger partial charge >= 0.3 is 5.69 Å². The fourth-order valence-electron chi connectivity index (χ4n) is 4.44. The Hall–Kier alpha value is -2.49. The minimum atomic E-state index is -3.23. The summed E-state index contributed by atoms with van der Waals surface area (Å²) in [7, 11) is 0. The number of aromatic nitrogens is 2. The van der Waals surface area contributed by atoms with Crippen molar-refractivity contribution >= 4 is 16.6 Å². The summed E-state index contributed by atoms with van der Waals surface area (Å²) in [5, 5.41) is -0.518. The highest BCUT2D eigenvalue weighted by Gasteiger charge is 2.36. The molecule has 2 aliphatic rings. The van der Waals surface area contributed by atoms with Crippen molar-refractivity contribution in [2.45, 2.75) is 51.6 Å². The van der Waals surface area contributed by atoms with Crippen LogP contribution in [0.5, 0.6) is 0 Å². The number of alkyl halides is 2. The predicted octanol–water partition coefficient (Wildman–Crippen LogP) is 1.77. The first-order valence-electron chi connectivity index (χ1n) is 9.72. The number of nitrogen functional groups attached to an aromatic ring is 1. The number of nitrogens with zero attached hydrogens (tertiary/aromatic N) is 3. The fourth-order valence-corrected chi connectivity index (χ4v) is 4.44. The van der Waals surface area contributed by atoms with Crippen molar-refractivity contribution in [3.63, 3.8) is 0 Å². The SMILES string of the molecule is Cc1c(N2CC[C@@H]([C@H](C)N)C2)c(F)c(C(F)F)c2c(=O)n(N)c(=O)n(C3CC3)c12. The molecule has 0 unspecified atom stereocenters. The molecule has 2 fully saturated rings. The third kappa shape index (κ3) is 2.92. The Labute approximate surface area is 164 Å². The van der Waals surface area contributed by atoms with E-state index in [1.165, 1.54) is 4.57 Å². The largest absolute Gasteiger partial charge is 0.369 e. The van der Waals surface area contributed by atoms with Crippen LogP contribution < -0.4 is 27.7 Å². The topological polar surface area (TPSA) is 99.3 Å². The van der Waals surface area contributed by atoms with Gasteiger partial charge in [0.05, 0.1) is 22.2 Å². The second-order valence-electron chi connectivity index (χ2n) is 8.14. The van der Waals surface area contributed by atoms with E-state index in [0.717, 1.165) is 0 Å². The number of nitrogens with two attached hydrogens (primary N) is 2. The smallest absolute Gasteiger partial charge is 0.350 e. The summed E-state index contributed by atoms with van der Waals surface area (Å²) in [6.45, 7) is 4.30. The molecule has 1 aliphatic heterocycles. The van der Waals surface area contributed by atoms with Gasteiger partial charge in [0.15, 0.2) is 5.82 Å². The highest BCUT2D eigenvalue weighted by atomic mass is 19.3. The summed E-state index contributed by atoms with van der Waals surface area (Å²) in [6.07, 6.45) is -1.19. The van der Waals surface area contributed by atoms with Crippen molar-refractivity contribution < 1.29 is 13.2 Å². The van der Waals surface area contributed by atoms with Crippen molar-refractivity contribution in [3.05, 3.63) is 37.8 Å². The van der Waals surface area contributed by atoms with E-state index >= 15 is 4.39 Å². The molecule has 29 heavy (non-hydrogen) atoms. The van der Waals surface area contributed by atoms with Crippen LogP contribution in [0, 0.1) is 18.7 Å². The molecule has 0 spiro atoms. The number of rotatable bonds is 4. The van der Waals surface area contributed by atoms with Crippen LogP contribution in [-0.4, -0.2) is 28.4 Å². The number of fused-ring (bicyclic) bond motifs is 1. The molecule has 0 bridgehead atoms. The molecular weight excluding hydrogens is 387 g/mol. The number of anilines is 1. The molecule has 158 valence electrons. The van der Waals surface area contributed by atoms with E-state index in [4.69, 9.17) is 11.6 Å². The maximum Gasteiger partial charge on any atom is 0.350 e. The molecule has 1 saturated heterocycles. The zero-order chi connectivity index (χ0) is 21.2. The zero-order valence-electron chi connectivity index (χ0n) is 16.3. The zero-order valence-corrected chi connectivity index (χ0v) is 16.3. The molecule has 7 nitrogen and oxygen atoms in total.